The maximum absolute atomic E-state index is 12.7. The Hall–Kier alpha value is -3.41. The summed E-state index contributed by atoms with van der Waals surface area (Å²) in [6.07, 6.45) is 1.57. The maximum atomic E-state index is 12.7. The molecular formula is C22H24N4O2. The molecule has 2 amide bonds. The fraction of sp³-hybridized carbons (Fsp3) is 0.227. The van der Waals surface area contributed by atoms with Crippen LogP contribution in [0.4, 0.5) is 5.69 Å². The number of nitrogens with one attached hydrogen (secondary N) is 1. The molecule has 1 heterocycles. The first-order valence-corrected chi connectivity index (χ1v) is 9.35. The Kier molecular flexibility index (Phi) is 5.89. The second kappa shape index (κ2) is 8.52. The average Bonchev–Trinajstić information content (AvgIpc) is 3.11. The molecule has 28 heavy (non-hydrogen) atoms. The molecule has 1 aromatic heterocycles. The number of hydrogen-bond acceptors (Lipinski definition) is 3. The Labute approximate surface area is 164 Å². The van der Waals surface area contributed by atoms with Gasteiger partial charge in [0.05, 0.1) is 23.1 Å². The highest BCUT2D eigenvalue weighted by Crippen LogP contribution is 2.17. The van der Waals surface area contributed by atoms with Crippen LogP contribution in [0.2, 0.25) is 0 Å². The molecule has 0 atom stereocenters. The van der Waals surface area contributed by atoms with Gasteiger partial charge in [-0.05, 0) is 57.2 Å². The zero-order valence-electron chi connectivity index (χ0n) is 16.3. The van der Waals surface area contributed by atoms with Gasteiger partial charge in [0.15, 0.2) is 0 Å². The van der Waals surface area contributed by atoms with Gasteiger partial charge in [-0.15, -0.1) is 0 Å². The third-order valence-corrected chi connectivity index (χ3v) is 4.70. The topological polar surface area (TPSA) is 67.2 Å². The normalized spacial score (nSPS) is 10.5. The molecule has 2 aromatic carbocycles. The summed E-state index contributed by atoms with van der Waals surface area (Å²) in [5.74, 6) is -0.245. The van der Waals surface area contributed by atoms with Crippen LogP contribution in [-0.4, -0.2) is 39.6 Å². The van der Waals surface area contributed by atoms with E-state index in [1.807, 2.05) is 51.1 Å². The van der Waals surface area contributed by atoms with E-state index in [0.29, 0.717) is 29.9 Å². The predicted molar refractivity (Wildman–Crippen MR) is 110 cm³/mol. The van der Waals surface area contributed by atoms with Crippen molar-refractivity contribution >= 4 is 17.5 Å². The molecular weight excluding hydrogens is 352 g/mol. The molecule has 0 fully saturated rings. The number of aromatic nitrogens is 2. The van der Waals surface area contributed by atoms with Gasteiger partial charge in [-0.1, -0.05) is 18.2 Å². The van der Waals surface area contributed by atoms with Crippen molar-refractivity contribution in [2.24, 2.45) is 0 Å². The summed E-state index contributed by atoms with van der Waals surface area (Å²) in [7, 11) is 0. The molecule has 6 heteroatoms. The largest absolute Gasteiger partial charge is 0.339 e. The van der Waals surface area contributed by atoms with E-state index in [4.69, 9.17) is 0 Å². The Morgan fingerprint density at radius 3 is 2.25 bits per heavy atom. The van der Waals surface area contributed by atoms with Gasteiger partial charge in [0.25, 0.3) is 11.8 Å². The van der Waals surface area contributed by atoms with Crippen molar-refractivity contribution in [3.8, 4) is 5.69 Å². The summed E-state index contributed by atoms with van der Waals surface area (Å²) in [6.45, 7) is 7.10. The summed E-state index contributed by atoms with van der Waals surface area (Å²) in [5, 5.41) is 7.20. The van der Waals surface area contributed by atoms with Crippen molar-refractivity contribution in [1.29, 1.82) is 0 Å². The SMILES string of the molecule is CCN(CC)C(=O)c1ccc(NC(=O)c2cnn(-c3ccccc3)c2C)cc1. The van der Waals surface area contributed by atoms with Gasteiger partial charge in [0.1, 0.15) is 0 Å². The molecule has 144 valence electrons. The lowest BCUT2D eigenvalue weighted by Crippen LogP contribution is -2.30. The summed E-state index contributed by atoms with van der Waals surface area (Å²) in [5.41, 5.74) is 3.41. The van der Waals surface area contributed by atoms with E-state index in [1.165, 1.54) is 0 Å². The Morgan fingerprint density at radius 2 is 1.64 bits per heavy atom. The first-order valence-electron chi connectivity index (χ1n) is 9.35. The standard InChI is InChI=1S/C22H24N4O2/c1-4-25(5-2)22(28)17-11-13-18(14-12-17)24-21(27)20-15-23-26(16(20)3)19-9-7-6-8-10-19/h6-15H,4-5H2,1-3H3,(H,24,27). The highest BCUT2D eigenvalue weighted by Gasteiger charge is 2.16. The number of anilines is 1. The van der Waals surface area contributed by atoms with Gasteiger partial charge >= 0.3 is 0 Å². The van der Waals surface area contributed by atoms with Crippen LogP contribution in [0, 0.1) is 6.92 Å². The van der Waals surface area contributed by atoms with Crippen molar-refractivity contribution in [3.05, 3.63) is 77.6 Å². The number of rotatable bonds is 6. The van der Waals surface area contributed by atoms with Gasteiger partial charge in [-0.3, -0.25) is 9.59 Å². The van der Waals surface area contributed by atoms with Gasteiger partial charge in [0, 0.05) is 24.3 Å². The Bertz CT molecular complexity index is 958. The van der Waals surface area contributed by atoms with E-state index in [1.54, 1.807) is 40.0 Å². The van der Waals surface area contributed by atoms with Crippen molar-refractivity contribution in [3.63, 3.8) is 0 Å². The molecule has 0 bridgehead atoms. The molecule has 6 nitrogen and oxygen atoms in total. The molecule has 0 radical (unpaired) electrons. The molecule has 1 N–H and O–H groups in total. The van der Waals surface area contributed by atoms with Gasteiger partial charge in [0.2, 0.25) is 0 Å². The van der Waals surface area contributed by atoms with Crippen molar-refractivity contribution in [1.82, 2.24) is 14.7 Å². The monoisotopic (exact) mass is 376 g/mol. The first kappa shape index (κ1) is 19.4. The van der Waals surface area contributed by atoms with E-state index >= 15 is 0 Å². The zero-order valence-corrected chi connectivity index (χ0v) is 16.3. The van der Waals surface area contributed by atoms with E-state index in [0.717, 1.165) is 11.4 Å². The Morgan fingerprint density at radius 1 is 1.00 bits per heavy atom. The van der Waals surface area contributed by atoms with E-state index in [-0.39, 0.29) is 11.8 Å². The molecule has 0 spiro atoms. The molecule has 0 aliphatic heterocycles. The fourth-order valence-electron chi connectivity index (χ4n) is 3.05. The molecule has 0 aliphatic rings. The van der Waals surface area contributed by atoms with Crippen LogP contribution < -0.4 is 5.32 Å². The molecule has 0 saturated carbocycles. The van der Waals surface area contributed by atoms with Crippen LogP contribution in [0.1, 0.15) is 40.3 Å². The third-order valence-electron chi connectivity index (χ3n) is 4.70. The zero-order chi connectivity index (χ0) is 20.1. The summed E-state index contributed by atoms with van der Waals surface area (Å²) in [6, 6.07) is 16.6. The summed E-state index contributed by atoms with van der Waals surface area (Å²) >= 11 is 0. The molecule has 3 aromatic rings. The van der Waals surface area contributed by atoms with Gasteiger partial charge in [-0.25, -0.2) is 4.68 Å². The number of carbonyl (C=O) groups excluding carboxylic acids is 2. The van der Waals surface area contributed by atoms with Crippen LogP contribution in [0.15, 0.2) is 60.8 Å². The number of hydrogen-bond donors (Lipinski definition) is 1. The Balaban J connectivity index is 1.74. The molecule has 0 saturated heterocycles. The number of benzene rings is 2. The predicted octanol–water partition coefficient (Wildman–Crippen LogP) is 3.92. The van der Waals surface area contributed by atoms with Crippen molar-refractivity contribution in [2.75, 3.05) is 18.4 Å². The quantitative estimate of drug-likeness (QED) is 0.709. The lowest BCUT2D eigenvalue weighted by atomic mass is 10.1. The average molecular weight is 376 g/mol. The number of nitrogens with zero attached hydrogens (tertiary/aromatic N) is 3. The minimum atomic E-state index is -0.234. The fourth-order valence-corrected chi connectivity index (χ4v) is 3.05. The number of para-hydroxylation sites is 1. The molecule has 3 rings (SSSR count). The van der Waals surface area contributed by atoms with Crippen LogP contribution in [-0.2, 0) is 0 Å². The minimum Gasteiger partial charge on any atom is -0.339 e. The second-order valence-electron chi connectivity index (χ2n) is 6.40. The second-order valence-corrected chi connectivity index (χ2v) is 6.40. The van der Waals surface area contributed by atoms with Crippen LogP contribution in [0.25, 0.3) is 5.69 Å². The highest BCUT2D eigenvalue weighted by molar-refractivity contribution is 6.05. The smallest absolute Gasteiger partial charge is 0.259 e. The first-order chi connectivity index (χ1) is 13.5. The van der Waals surface area contributed by atoms with E-state index in [2.05, 4.69) is 10.4 Å². The highest BCUT2D eigenvalue weighted by atomic mass is 16.2. The van der Waals surface area contributed by atoms with Crippen molar-refractivity contribution < 1.29 is 9.59 Å². The third kappa shape index (κ3) is 3.96. The maximum Gasteiger partial charge on any atom is 0.259 e. The lowest BCUT2D eigenvalue weighted by Gasteiger charge is -2.18. The van der Waals surface area contributed by atoms with E-state index in [9.17, 15) is 9.59 Å². The van der Waals surface area contributed by atoms with Crippen LogP contribution >= 0.6 is 0 Å². The van der Waals surface area contributed by atoms with Gasteiger partial charge < -0.3 is 10.2 Å². The molecule has 0 unspecified atom stereocenters. The van der Waals surface area contributed by atoms with Crippen LogP contribution in [0.3, 0.4) is 0 Å². The van der Waals surface area contributed by atoms with E-state index < -0.39 is 0 Å². The summed E-state index contributed by atoms with van der Waals surface area (Å²) in [4.78, 5) is 26.8. The molecule has 0 aliphatic carbocycles. The number of amides is 2. The lowest BCUT2D eigenvalue weighted by molar-refractivity contribution is 0.0773. The summed E-state index contributed by atoms with van der Waals surface area (Å²) < 4.78 is 1.74. The van der Waals surface area contributed by atoms with Crippen molar-refractivity contribution in [2.45, 2.75) is 20.8 Å². The minimum absolute atomic E-state index is 0.0112. The number of carbonyl (C=O) groups is 2. The van der Waals surface area contributed by atoms with Gasteiger partial charge in [-0.2, -0.15) is 5.10 Å². The van der Waals surface area contributed by atoms with Crippen LogP contribution in [0.5, 0.6) is 0 Å².